The van der Waals surface area contributed by atoms with E-state index in [0.717, 1.165) is 29.3 Å². The van der Waals surface area contributed by atoms with Gasteiger partial charge in [-0.15, -0.1) is 0 Å². The highest BCUT2D eigenvalue weighted by Crippen LogP contribution is 2.19. The van der Waals surface area contributed by atoms with Crippen molar-refractivity contribution in [2.45, 2.75) is 63.2 Å². The van der Waals surface area contributed by atoms with Gasteiger partial charge >= 0.3 is 12.1 Å². The number of amides is 4. The Hall–Kier alpha value is -4.14. The van der Waals surface area contributed by atoms with Gasteiger partial charge in [0.25, 0.3) is 0 Å². The van der Waals surface area contributed by atoms with Crippen LogP contribution >= 0.6 is 0 Å². The van der Waals surface area contributed by atoms with Gasteiger partial charge in [0.15, 0.2) is 0 Å². The van der Waals surface area contributed by atoms with Crippen molar-refractivity contribution in [1.82, 2.24) is 26.3 Å². The SMILES string of the molecule is NCCCC[C@H]1CC(=O)NCCC(=O)NCCC(=O)N[C@H](Cc2c[nH]c3ccccc23)C(=O)N1.O=C(O)C(F)(F)F. The molecule has 3 rings (SSSR count). The fraction of sp³-hybridized carbons (Fsp3) is 0.500. The lowest BCUT2D eigenvalue weighted by Gasteiger charge is -2.23. The Morgan fingerprint density at radius 3 is 2.24 bits per heavy atom. The van der Waals surface area contributed by atoms with E-state index < -0.39 is 24.2 Å². The third kappa shape index (κ3) is 11.9. The number of unbranched alkanes of at least 4 members (excludes halogenated alkanes) is 1. The molecular weight excluding hydrogens is 549 g/mol. The van der Waals surface area contributed by atoms with E-state index in [1.165, 1.54) is 0 Å². The maximum Gasteiger partial charge on any atom is 0.490 e. The zero-order chi connectivity index (χ0) is 30.4. The number of aliphatic carboxylic acids is 1. The third-order valence-corrected chi connectivity index (χ3v) is 6.13. The molecule has 0 aliphatic carbocycles. The molecule has 0 saturated carbocycles. The van der Waals surface area contributed by atoms with Crippen LogP contribution in [0.2, 0.25) is 0 Å². The van der Waals surface area contributed by atoms with Gasteiger partial charge in [0.2, 0.25) is 23.6 Å². The van der Waals surface area contributed by atoms with Crippen LogP contribution in [0.1, 0.15) is 44.1 Å². The molecule has 2 heterocycles. The van der Waals surface area contributed by atoms with E-state index in [4.69, 9.17) is 15.6 Å². The monoisotopic (exact) mass is 584 g/mol. The van der Waals surface area contributed by atoms with E-state index in [2.05, 4.69) is 26.3 Å². The van der Waals surface area contributed by atoms with Gasteiger partial charge < -0.3 is 37.1 Å². The maximum atomic E-state index is 13.3. The van der Waals surface area contributed by atoms with Crippen molar-refractivity contribution in [2.24, 2.45) is 5.73 Å². The number of rotatable bonds is 6. The van der Waals surface area contributed by atoms with Crippen LogP contribution in [0.4, 0.5) is 13.2 Å². The van der Waals surface area contributed by atoms with Crippen molar-refractivity contribution in [1.29, 1.82) is 0 Å². The number of carbonyl (C=O) groups excluding carboxylic acids is 4. The van der Waals surface area contributed by atoms with Gasteiger partial charge in [0.1, 0.15) is 6.04 Å². The van der Waals surface area contributed by atoms with E-state index in [1.54, 1.807) is 0 Å². The highest BCUT2D eigenvalue weighted by molar-refractivity contribution is 5.90. The lowest BCUT2D eigenvalue weighted by Crippen LogP contribution is -2.51. The summed E-state index contributed by atoms with van der Waals surface area (Å²) in [7, 11) is 0. The molecule has 4 amide bonds. The van der Waals surface area contributed by atoms with Crippen LogP contribution in [-0.2, 0) is 30.4 Å². The summed E-state index contributed by atoms with van der Waals surface area (Å²) in [6.45, 7) is 0.881. The third-order valence-electron chi connectivity index (χ3n) is 6.13. The van der Waals surface area contributed by atoms with Gasteiger partial charge in [-0.05, 0) is 31.0 Å². The zero-order valence-corrected chi connectivity index (χ0v) is 22.3. The number of alkyl halides is 3. The van der Waals surface area contributed by atoms with Crippen LogP contribution in [-0.4, -0.2) is 77.6 Å². The van der Waals surface area contributed by atoms with Gasteiger partial charge in [0, 0.05) is 61.9 Å². The van der Waals surface area contributed by atoms with Crippen molar-refractivity contribution in [3.8, 4) is 0 Å². The molecule has 1 aliphatic heterocycles. The predicted octanol–water partition coefficient (Wildman–Crippen LogP) is 0.859. The van der Waals surface area contributed by atoms with Gasteiger partial charge in [-0.2, -0.15) is 13.2 Å². The number of aromatic nitrogens is 1. The Bertz CT molecular complexity index is 1200. The number of carboxylic acid groups (broad SMARTS) is 1. The first-order valence-electron chi connectivity index (χ1n) is 13.1. The molecule has 2 atom stereocenters. The lowest BCUT2D eigenvalue weighted by molar-refractivity contribution is -0.192. The number of H-pyrrole nitrogens is 1. The van der Waals surface area contributed by atoms with Crippen molar-refractivity contribution >= 4 is 40.5 Å². The molecule has 1 aromatic heterocycles. The number of nitrogens with one attached hydrogen (secondary N) is 5. The topological polar surface area (TPSA) is 196 Å². The molecule has 0 spiro atoms. The minimum absolute atomic E-state index is 0.0513. The second-order valence-corrected chi connectivity index (χ2v) is 9.38. The van der Waals surface area contributed by atoms with Gasteiger partial charge in [-0.25, -0.2) is 4.79 Å². The summed E-state index contributed by atoms with van der Waals surface area (Å²) >= 11 is 0. The highest BCUT2D eigenvalue weighted by Gasteiger charge is 2.38. The largest absolute Gasteiger partial charge is 0.490 e. The van der Waals surface area contributed by atoms with Crippen LogP contribution in [0.15, 0.2) is 30.5 Å². The van der Waals surface area contributed by atoms with Crippen LogP contribution < -0.4 is 27.0 Å². The molecule has 226 valence electrons. The number of carbonyl (C=O) groups is 5. The van der Waals surface area contributed by atoms with E-state index in [0.29, 0.717) is 13.0 Å². The summed E-state index contributed by atoms with van der Waals surface area (Å²) in [6.07, 6.45) is -0.561. The normalized spacial score (nSPS) is 19.4. The minimum atomic E-state index is -5.08. The zero-order valence-electron chi connectivity index (χ0n) is 22.3. The number of para-hydroxylation sites is 1. The number of hydrogen-bond acceptors (Lipinski definition) is 6. The number of halogens is 3. The van der Waals surface area contributed by atoms with Crippen molar-refractivity contribution in [3.05, 3.63) is 36.0 Å². The second-order valence-electron chi connectivity index (χ2n) is 9.38. The van der Waals surface area contributed by atoms with Crippen LogP contribution in [0.25, 0.3) is 10.9 Å². The Balaban J connectivity index is 0.000000745. The predicted molar refractivity (Wildman–Crippen MR) is 142 cm³/mol. The Kier molecular flexibility index (Phi) is 13.1. The minimum Gasteiger partial charge on any atom is -0.475 e. The average molecular weight is 585 g/mol. The summed E-state index contributed by atoms with van der Waals surface area (Å²) in [6, 6.07) is 6.52. The Morgan fingerprint density at radius 2 is 1.59 bits per heavy atom. The van der Waals surface area contributed by atoms with E-state index in [9.17, 15) is 32.3 Å². The summed E-state index contributed by atoms with van der Waals surface area (Å²) in [4.78, 5) is 62.3. The van der Waals surface area contributed by atoms with E-state index in [-0.39, 0.29) is 62.4 Å². The standard InChI is InChI=1S/C24H34N6O4.C2HF3O2/c25-10-4-3-5-17-14-23(33)27-11-8-21(31)26-12-9-22(32)30-20(24(34)29-17)13-16-15-28-19-7-2-1-6-18(16)19;3-2(4,5)1(6)7/h1-2,6-7,15,17,20,28H,3-5,8-14,25H2,(H,26,31)(H,27,33)(H,29,34)(H,30,32);(H,6,7)/t17-,20+;/m0./s1. The quantitative estimate of drug-likeness (QED) is 0.245. The highest BCUT2D eigenvalue weighted by atomic mass is 19.4. The van der Waals surface area contributed by atoms with Crippen molar-refractivity contribution in [2.75, 3.05) is 19.6 Å². The number of fused-ring (bicyclic) bond motifs is 1. The fourth-order valence-electron chi connectivity index (χ4n) is 4.07. The van der Waals surface area contributed by atoms with E-state index in [1.807, 2.05) is 30.5 Å². The number of nitrogens with two attached hydrogens (primary N) is 1. The van der Waals surface area contributed by atoms with Crippen LogP contribution in [0, 0.1) is 0 Å². The number of carboxylic acids is 1. The first-order chi connectivity index (χ1) is 19.4. The Labute approximate surface area is 234 Å². The number of benzene rings is 1. The lowest BCUT2D eigenvalue weighted by atomic mass is 10.0. The number of aromatic amines is 1. The first kappa shape index (κ1) is 33.1. The summed E-state index contributed by atoms with van der Waals surface area (Å²) in [5.41, 5.74) is 7.45. The molecular formula is C26H35F3N6O6. The van der Waals surface area contributed by atoms with Crippen molar-refractivity contribution < 1.29 is 42.3 Å². The first-order valence-corrected chi connectivity index (χ1v) is 13.1. The van der Waals surface area contributed by atoms with Gasteiger partial charge in [0.05, 0.1) is 0 Å². The molecule has 1 saturated heterocycles. The molecule has 41 heavy (non-hydrogen) atoms. The molecule has 1 aromatic carbocycles. The fourth-order valence-corrected chi connectivity index (χ4v) is 4.07. The molecule has 8 N–H and O–H groups in total. The summed E-state index contributed by atoms with van der Waals surface area (Å²) < 4.78 is 31.7. The Morgan fingerprint density at radius 1 is 0.951 bits per heavy atom. The molecule has 0 radical (unpaired) electrons. The van der Waals surface area contributed by atoms with Crippen LogP contribution in [0.5, 0.6) is 0 Å². The molecule has 15 heteroatoms. The summed E-state index contributed by atoms with van der Waals surface area (Å²) in [5, 5.41) is 19.3. The molecule has 2 aromatic rings. The van der Waals surface area contributed by atoms with E-state index >= 15 is 0 Å². The van der Waals surface area contributed by atoms with Crippen LogP contribution in [0.3, 0.4) is 0 Å². The molecule has 1 fully saturated rings. The molecule has 0 bridgehead atoms. The second kappa shape index (κ2) is 16.2. The molecule has 1 aliphatic rings. The van der Waals surface area contributed by atoms with Gasteiger partial charge in [-0.3, -0.25) is 19.2 Å². The molecule has 12 nitrogen and oxygen atoms in total. The summed E-state index contributed by atoms with van der Waals surface area (Å²) in [5.74, 6) is -3.91. The maximum absolute atomic E-state index is 13.3. The average Bonchev–Trinajstić information content (AvgIpc) is 3.30. The van der Waals surface area contributed by atoms with Gasteiger partial charge in [-0.1, -0.05) is 24.6 Å². The number of hydrogen-bond donors (Lipinski definition) is 7. The molecule has 0 unspecified atom stereocenters. The van der Waals surface area contributed by atoms with Crippen molar-refractivity contribution in [3.63, 3.8) is 0 Å². The smallest absolute Gasteiger partial charge is 0.475 e.